The zero-order valence-electron chi connectivity index (χ0n) is 52.2. The Labute approximate surface area is 477 Å². The van der Waals surface area contributed by atoms with E-state index in [0.29, 0.717) is 13.2 Å². The van der Waals surface area contributed by atoms with E-state index in [1.165, 1.54) is 333 Å². The summed E-state index contributed by atoms with van der Waals surface area (Å²) in [7, 11) is 0. The molecule has 0 atom stereocenters. The molecule has 0 radical (unpaired) electrons. The fraction of sp³-hybridized carbons (Fsp3) is 0.857. The van der Waals surface area contributed by atoms with Crippen molar-refractivity contribution in [2.45, 2.75) is 362 Å². The highest BCUT2D eigenvalue weighted by Crippen LogP contribution is 2.16. The lowest BCUT2D eigenvalue weighted by atomic mass is 10.0. The number of hydrogen-bond acceptors (Lipinski definition) is 6. The van der Waals surface area contributed by atoms with Crippen LogP contribution in [-0.2, 0) is 28.5 Å². The fourth-order valence-electron chi connectivity index (χ4n) is 9.28. The SMILES string of the molecule is C=CC(=O)OCCCCCCCCCCCC.C=CC(=O)OCCCCCCCCCCCCCC.C=COCCCCCCCCCCCCCCCC.C=COCCCCCCCCCCCCCCCCCC. The second-order valence-electron chi connectivity index (χ2n) is 21.8. The first-order valence-corrected chi connectivity index (χ1v) is 33.5. The molecule has 76 heavy (non-hydrogen) atoms. The summed E-state index contributed by atoms with van der Waals surface area (Å²) in [5.41, 5.74) is 0. The van der Waals surface area contributed by atoms with E-state index in [-0.39, 0.29) is 11.9 Å². The molecule has 0 saturated carbocycles. The van der Waals surface area contributed by atoms with Gasteiger partial charge in [0.25, 0.3) is 0 Å². The molecule has 6 heteroatoms. The maximum Gasteiger partial charge on any atom is 0.330 e. The van der Waals surface area contributed by atoms with Crippen LogP contribution >= 0.6 is 0 Å². The van der Waals surface area contributed by atoms with E-state index < -0.39 is 0 Å². The first kappa shape index (κ1) is 80.0. The highest BCUT2D eigenvalue weighted by Gasteiger charge is 2.00. The highest BCUT2D eigenvalue weighted by molar-refractivity contribution is 5.81. The lowest BCUT2D eigenvalue weighted by Gasteiger charge is -2.03. The largest absolute Gasteiger partial charge is 0.502 e. The van der Waals surface area contributed by atoms with E-state index in [0.717, 1.165) is 26.1 Å². The van der Waals surface area contributed by atoms with Gasteiger partial charge in [0.15, 0.2) is 0 Å². The summed E-state index contributed by atoms with van der Waals surface area (Å²) >= 11 is 0. The molecule has 0 bridgehead atoms. The summed E-state index contributed by atoms with van der Waals surface area (Å²) in [5, 5.41) is 0. The van der Waals surface area contributed by atoms with Gasteiger partial charge in [0.1, 0.15) is 0 Å². The molecular formula is C70H136O6. The molecule has 0 amide bonds. The molecule has 0 unspecified atom stereocenters. The minimum absolute atomic E-state index is 0.303. The van der Waals surface area contributed by atoms with Gasteiger partial charge in [0, 0.05) is 12.2 Å². The van der Waals surface area contributed by atoms with Gasteiger partial charge in [-0.05, 0) is 25.7 Å². The Morgan fingerprint density at radius 2 is 0.382 bits per heavy atom. The molecule has 0 N–H and O–H groups in total. The van der Waals surface area contributed by atoms with Crippen LogP contribution in [0.25, 0.3) is 0 Å². The van der Waals surface area contributed by atoms with E-state index >= 15 is 0 Å². The fourth-order valence-corrected chi connectivity index (χ4v) is 9.28. The molecule has 0 aromatic heterocycles. The number of carbonyl (C=O) groups excluding carboxylic acids is 2. The number of ether oxygens (including phenoxy) is 4. The predicted molar refractivity (Wildman–Crippen MR) is 337 cm³/mol. The Hall–Kier alpha value is -2.50. The monoisotopic (exact) mass is 1070 g/mol. The van der Waals surface area contributed by atoms with Gasteiger partial charge < -0.3 is 18.9 Å². The smallest absolute Gasteiger partial charge is 0.330 e. The molecule has 452 valence electrons. The molecule has 0 aliphatic rings. The number of unbranched alkanes of at least 4 members (excludes halogenated alkanes) is 48. The number of esters is 2. The van der Waals surface area contributed by atoms with E-state index in [2.05, 4.69) is 54.0 Å². The van der Waals surface area contributed by atoms with Crippen LogP contribution < -0.4 is 0 Å². The highest BCUT2D eigenvalue weighted by atomic mass is 16.5. The van der Waals surface area contributed by atoms with E-state index in [4.69, 9.17) is 18.9 Å². The quantitative estimate of drug-likeness (QED) is 0.0262. The van der Waals surface area contributed by atoms with Crippen LogP contribution in [0.1, 0.15) is 362 Å². The number of carbonyl (C=O) groups is 2. The summed E-state index contributed by atoms with van der Waals surface area (Å²) in [6.45, 7) is 25.7. The first-order chi connectivity index (χ1) is 37.4. The van der Waals surface area contributed by atoms with Crippen molar-refractivity contribution in [3.05, 3.63) is 51.0 Å². The normalized spacial score (nSPS) is 10.5. The van der Waals surface area contributed by atoms with Crippen molar-refractivity contribution in [1.82, 2.24) is 0 Å². The van der Waals surface area contributed by atoms with Gasteiger partial charge in [0.05, 0.1) is 39.0 Å². The van der Waals surface area contributed by atoms with Crippen molar-refractivity contribution in [3.63, 3.8) is 0 Å². The maximum absolute atomic E-state index is 10.8. The second-order valence-corrected chi connectivity index (χ2v) is 21.8. The molecule has 0 aliphatic heterocycles. The van der Waals surface area contributed by atoms with Crippen molar-refractivity contribution in [1.29, 1.82) is 0 Å². The van der Waals surface area contributed by atoms with Crippen LogP contribution in [0, 0.1) is 0 Å². The third-order valence-corrected chi connectivity index (χ3v) is 14.3. The van der Waals surface area contributed by atoms with Crippen molar-refractivity contribution >= 4 is 11.9 Å². The predicted octanol–water partition coefficient (Wildman–Crippen LogP) is 24.1. The van der Waals surface area contributed by atoms with Crippen molar-refractivity contribution in [2.75, 3.05) is 26.4 Å². The van der Waals surface area contributed by atoms with Crippen LogP contribution in [-0.4, -0.2) is 38.4 Å². The van der Waals surface area contributed by atoms with E-state index in [1.54, 1.807) is 12.5 Å². The summed E-state index contributed by atoms with van der Waals surface area (Å²) in [6, 6.07) is 0. The summed E-state index contributed by atoms with van der Waals surface area (Å²) < 4.78 is 20.1. The molecular weight excluding hydrogens is 937 g/mol. The first-order valence-electron chi connectivity index (χ1n) is 33.5. The Morgan fingerprint density at radius 1 is 0.237 bits per heavy atom. The topological polar surface area (TPSA) is 71.1 Å². The standard InChI is InChI=1S/C20H40O.C18H36O.C17H32O2.C15H28O2/c1-3-5-6-7-8-9-10-11-12-13-14-15-16-17-18-19-20-21-4-2;1-3-5-6-7-8-9-10-11-12-13-14-15-16-17-18-19-4-2;1-3-5-6-7-8-9-10-11-12-13-14-15-16-19-17(18)4-2;1-3-5-6-7-8-9-10-11-12-13-14-17-15(16)4-2/h4H,2-3,5-20H2,1H3;4H,2-3,5-18H2,1H3;4H,2-3,5-16H2,1H3;4H,2-3,5-14H2,1H3. The van der Waals surface area contributed by atoms with E-state index in [9.17, 15) is 9.59 Å². The van der Waals surface area contributed by atoms with Gasteiger partial charge in [-0.15, -0.1) is 0 Å². The van der Waals surface area contributed by atoms with Gasteiger partial charge in [-0.25, -0.2) is 9.59 Å². The average molecular weight is 1070 g/mol. The van der Waals surface area contributed by atoms with Crippen molar-refractivity contribution < 1.29 is 28.5 Å². The molecule has 0 aliphatic carbocycles. The zero-order valence-corrected chi connectivity index (χ0v) is 52.2. The maximum atomic E-state index is 10.8. The Kier molecular flexibility index (Phi) is 85.6. The third-order valence-electron chi connectivity index (χ3n) is 14.3. The minimum Gasteiger partial charge on any atom is -0.502 e. The van der Waals surface area contributed by atoms with Crippen LogP contribution in [0.5, 0.6) is 0 Å². The number of hydrogen-bond donors (Lipinski definition) is 0. The lowest BCUT2D eigenvalue weighted by molar-refractivity contribution is -0.138. The molecule has 0 aromatic carbocycles. The van der Waals surface area contributed by atoms with Crippen LogP contribution in [0.15, 0.2) is 51.0 Å². The van der Waals surface area contributed by atoms with Gasteiger partial charge in [-0.3, -0.25) is 0 Å². The average Bonchev–Trinajstić information content (AvgIpc) is 3.43. The summed E-state index contributed by atoms with van der Waals surface area (Å²) in [4.78, 5) is 21.5. The summed E-state index contributed by atoms with van der Waals surface area (Å²) in [5.74, 6) is -0.607. The zero-order chi connectivity index (χ0) is 56.4. The van der Waals surface area contributed by atoms with Gasteiger partial charge in [-0.2, -0.15) is 0 Å². The molecule has 0 rings (SSSR count). The van der Waals surface area contributed by atoms with Crippen molar-refractivity contribution in [3.8, 4) is 0 Å². The minimum atomic E-state index is -0.305. The molecule has 6 nitrogen and oxygen atoms in total. The Bertz CT molecular complexity index is 1090. The van der Waals surface area contributed by atoms with Crippen LogP contribution in [0.3, 0.4) is 0 Å². The van der Waals surface area contributed by atoms with Gasteiger partial charge in [-0.1, -0.05) is 362 Å². The molecule has 0 heterocycles. The molecule has 0 aromatic rings. The third kappa shape index (κ3) is 88.1. The van der Waals surface area contributed by atoms with Crippen LogP contribution in [0.4, 0.5) is 0 Å². The molecule has 0 fully saturated rings. The molecule has 0 saturated heterocycles. The number of rotatable bonds is 60. The van der Waals surface area contributed by atoms with Crippen LogP contribution in [0.2, 0.25) is 0 Å². The molecule has 0 spiro atoms. The van der Waals surface area contributed by atoms with Gasteiger partial charge >= 0.3 is 11.9 Å². The lowest BCUT2D eigenvalue weighted by Crippen LogP contribution is -2.01. The Balaban J connectivity index is -0.000000456. The van der Waals surface area contributed by atoms with E-state index in [1.807, 2.05) is 0 Å². The van der Waals surface area contributed by atoms with Crippen molar-refractivity contribution in [2.24, 2.45) is 0 Å². The summed E-state index contributed by atoms with van der Waals surface area (Å²) in [6.07, 6.45) is 76.7. The second kappa shape index (κ2) is 81.3. The van der Waals surface area contributed by atoms with Gasteiger partial charge in [0.2, 0.25) is 0 Å². The Morgan fingerprint density at radius 3 is 0.526 bits per heavy atom.